The van der Waals surface area contributed by atoms with Gasteiger partial charge in [-0.15, -0.1) is 0 Å². The maximum atomic E-state index is 10.4. The van der Waals surface area contributed by atoms with Gasteiger partial charge in [-0.1, -0.05) is 48.7 Å². The number of aliphatic hydroxyl groups is 1. The Kier molecular flexibility index (Phi) is 3.64. The number of carbonyl (C=O) groups excluding carboxylic acids is 1. The van der Waals surface area contributed by atoms with Crippen molar-refractivity contribution < 1.29 is 9.90 Å². The molecule has 66 valence electrons. The molecule has 2 nitrogen and oxygen atoms in total. The predicted octanol–water partition coefficient (Wildman–Crippen LogP) is 1.94. The van der Waals surface area contributed by atoms with Crippen molar-refractivity contribution in [3.05, 3.63) is 0 Å². The first kappa shape index (κ1) is 11.5. The van der Waals surface area contributed by atoms with Gasteiger partial charge >= 0.3 is 0 Å². The highest BCUT2D eigenvalue weighted by Crippen LogP contribution is 2.38. The standard InChI is InChI=1S/C6H9Cl3O2/c1-5(2,3-10)4(11)6(7,8)9/h3-4,11H,1-2H3. The zero-order chi connectivity index (χ0) is 9.28. The van der Waals surface area contributed by atoms with Crippen LogP contribution in [0.2, 0.25) is 0 Å². The summed E-state index contributed by atoms with van der Waals surface area (Å²) in [6, 6.07) is 0. The summed E-state index contributed by atoms with van der Waals surface area (Å²) in [6.07, 6.45) is -0.739. The zero-order valence-electron chi connectivity index (χ0n) is 6.14. The monoisotopic (exact) mass is 218 g/mol. The molecule has 0 rings (SSSR count). The van der Waals surface area contributed by atoms with E-state index in [9.17, 15) is 9.90 Å². The number of aldehydes is 1. The summed E-state index contributed by atoms with van der Waals surface area (Å²) in [5.41, 5.74) is -1.04. The Bertz CT molecular complexity index is 150. The fourth-order valence-corrected chi connectivity index (χ4v) is 1.33. The van der Waals surface area contributed by atoms with Crippen LogP contribution in [0, 0.1) is 5.41 Å². The van der Waals surface area contributed by atoms with Crippen molar-refractivity contribution in [2.45, 2.75) is 23.7 Å². The van der Waals surface area contributed by atoms with Crippen LogP contribution >= 0.6 is 34.8 Å². The molecule has 1 atom stereocenters. The predicted molar refractivity (Wildman–Crippen MR) is 46.1 cm³/mol. The lowest BCUT2D eigenvalue weighted by Crippen LogP contribution is -2.40. The summed E-state index contributed by atoms with van der Waals surface area (Å²) < 4.78 is -1.82. The van der Waals surface area contributed by atoms with E-state index in [2.05, 4.69) is 0 Å². The minimum absolute atomic E-state index is 0.555. The Balaban J connectivity index is 4.48. The van der Waals surface area contributed by atoms with Crippen molar-refractivity contribution >= 4 is 41.1 Å². The van der Waals surface area contributed by atoms with Crippen molar-refractivity contribution in [1.82, 2.24) is 0 Å². The van der Waals surface area contributed by atoms with Gasteiger partial charge in [0.15, 0.2) is 0 Å². The third kappa shape index (κ3) is 3.16. The van der Waals surface area contributed by atoms with Crippen LogP contribution < -0.4 is 0 Å². The van der Waals surface area contributed by atoms with Crippen molar-refractivity contribution in [2.75, 3.05) is 0 Å². The second kappa shape index (κ2) is 3.48. The lowest BCUT2D eigenvalue weighted by molar-refractivity contribution is -0.119. The third-order valence-corrected chi connectivity index (χ3v) is 1.94. The van der Waals surface area contributed by atoms with Crippen LogP contribution in [0.3, 0.4) is 0 Å². The Morgan fingerprint density at radius 1 is 1.36 bits per heavy atom. The summed E-state index contributed by atoms with van der Waals surface area (Å²) in [5, 5.41) is 9.29. The van der Waals surface area contributed by atoms with Crippen molar-refractivity contribution in [3.63, 3.8) is 0 Å². The molecule has 1 N–H and O–H groups in total. The topological polar surface area (TPSA) is 37.3 Å². The molecule has 0 aromatic rings. The van der Waals surface area contributed by atoms with E-state index in [1.54, 1.807) is 0 Å². The maximum Gasteiger partial charge on any atom is 0.216 e. The number of halogens is 3. The zero-order valence-corrected chi connectivity index (χ0v) is 8.41. The average Bonchev–Trinajstić information content (AvgIpc) is 1.84. The molecule has 0 bridgehead atoms. The molecule has 0 aliphatic rings. The normalized spacial score (nSPS) is 16.2. The summed E-state index contributed by atoms with van der Waals surface area (Å²) in [5.74, 6) is 0. The summed E-state index contributed by atoms with van der Waals surface area (Å²) in [4.78, 5) is 10.4. The van der Waals surface area contributed by atoms with Crippen LogP contribution in [0.25, 0.3) is 0 Å². The van der Waals surface area contributed by atoms with E-state index in [1.807, 2.05) is 0 Å². The number of aliphatic hydroxyl groups excluding tert-OH is 1. The molecule has 0 aromatic heterocycles. The van der Waals surface area contributed by atoms with E-state index in [0.717, 1.165) is 0 Å². The third-order valence-electron chi connectivity index (χ3n) is 1.32. The molecule has 0 saturated carbocycles. The highest BCUT2D eigenvalue weighted by Gasteiger charge is 2.42. The van der Waals surface area contributed by atoms with Gasteiger partial charge < -0.3 is 9.90 Å². The molecule has 11 heavy (non-hydrogen) atoms. The second-order valence-corrected chi connectivity index (χ2v) is 5.25. The molecule has 0 amide bonds. The molecule has 0 spiro atoms. The van der Waals surface area contributed by atoms with Crippen LogP contribution in [-0.2, 0) is 4.79 Å². The van der Waals surface area contributed by atoms with Crippen LogP contribution in [0.5, 0.6) is 0 Å². The Morgan fingerprint density at radius 2 is 1.73 bits per heavy atom. The quantitative estimate of drug-likeness (QED) is 0.569. The van der Waals surface area contributed by atoms with E-state index in [0.29, 0.717) is 6.29 Å². The van der Waals surface area contributed by atoms with Gasteiger partial charge in [0.05, 0.1) is 5.41 Å². The highest BCUT2D eigenvalue weighted by molar-refractivity contribution is 6.68. The fourth-order valence-electron chi connectivity index (χ4n) is 0.486. The van der Waals surface area contributed by atoms with Crippen molar-refractivity contribution in [2.24, 2.45) is 5.41 Å². The lowest BCUT2D eigenvalue weighted by atomic mass is 9.89. The fraction of sp³-hybridized carbons (Fsp3) is 0.833. The van der Waals surface area contributed by atoms with Gasteiger partial charge in [-0.3, -0.25) is 0 Å². The van der Waals surface area contributed by atoms with Gasteiger partial charge in [-0.25, -0.2) is 0 Å². The van der Waals surface area contributed by atoms with Gasteiger partial charge in [0.1, 0.15) is 12.4 Å². The van der Waals surface area contributed by atoms with Crippen LogP contribution in [0.4, 0.5) is 0 Å². The molecule has 0 aliphatic carbocycles. The Labute approximate surface area is 80.4 Å². The SMILES string of the molecule is CC(C)(C=O)C(O)C(Cl)(Cl)Cl. The maximum absolute atomic E-state index is 10.4. The molecule has 0 aromatic carbocycles. The van der Waals surface area contributed by atoms with Gasteiger partial charge in [0.2, 0.25) is 3.79 Å². The molecule has 1 unspecified atom stereocenters. The first-order valence-electron chi connectivity index (χ1n) is 2.93. The van der Waals surface area contributed by atoms with E-state index in [-0.39, 0.29) is 0 Å². The molecular weight excluding hydrogens is 210 g/mol. The molecule has 0 heterocycles. The van der Waals surface area contributed by atoms with Crippen LogP contribution in [-0.4, -0.2) is 21.3 Å². The van der Waals surface area contributed by atoms with E-state index < -0.39 is 15.3 Å². The first-order chi connectivity index (χ1) is 4.72. The molecular formula is C6H9Cl3O2. The second-order valence-electron chi connectivity index (χ2n) is 2.88. The van der Waals surface area contributed by atoms with E-state index in [4.69, 9.17) is 34.8 Å². The first-order valence-corrected chi connectivity index (χ1v) is 4.06. The molecule has 0 radical (unpaired) electrons. The molecule has 5 heteroatoms. The van der Waals surface area contributed by atoms with Crippen molar-refractivity contribution in [3.8, 4) is 0 Å². The molecule has 0 saturated heterocycles. The Hall–Kier alpha value is 0.500. The highest BCUT2D eigenvalue weighted by atomic mass is 35.6. The minimum Gasteiger partial charge on any atom is -0.388 e. The summed E-state index contributed by atoms with van der Waals surface area (Å²) >= 11 is 16.1. The molecule has 0 aliphatic heterocycles. The lowest BCUT2D eigenvalue weighted by Gasteiger charge is -2.29. The number of carbonyl (C=O) groups is 1. The Morgan fingerprint density at radius 3 is 1.82 bits per heavy atom. The number of rotatable bonds is 2. The average molecular weight is 219 g/mol. The van der Waals surface area contributed by atoms with Crippen LogP contribution in [0.1, 0.15) is 13.8 Å². The van der Waals surface area contributed by atoms with E-state index in [1.165, 1.54) is 13.8 Å². The number of alkyl halides is 3. The summed E-state index contributed by atoms with van der Waals surface area (Å²) in [7, 11) is 0. The summed E-state index contributed by atoms with van der Waals surface area (Å²) in [6.45, 7) is 2.99. The molecule has 0 fully saturated rings. The largest absolute Gasteiger partial charge is 0.388 e. The van der Waals surface area contributed by atoms with Gasteiger partial charge in [-0.2, -0.15) is 0 Å². The number of hydrogen-bond acceptors (Lipinski definition) is 2. The van der Waals surface area contributed by atoms with E-state index >= 15 is 0 Å². The smallest absolute Gasteiger partial charge is 0.216 e. The minimum atomic E-state index is -1.82. The van der Waals surface area contributed by atoms with Gasteiger partial charge in [0, 0.05) is 0 Å². The number of hydrogen-bond donors (Lipinski definition) is 1. The van der Waals surface area contributed by atoms with Crippen LogP contribution in [0.15, 0.2) is 0 Å². The van der Waals surface area contributed by atoms with Crippen molar-refractivity contribution in [1.29, 1.82) is 0 Å². The van der Waals surface area contributed by atoms with Gasteiger partial charge in [0.25, 0.3) is 0 Å². The van der Waals surface area contributed by atoms with Gasteiger partial charge in [-0.05, 0) is 0 Å².